The Morgan fingerprint density at radius 3 is 1.82 bits per heavy atom. The molecule has 0 aromatic carbocycles. The van der Waals surface area contributed by atoms with Crippen LogP contribution in [0.1, 0.15) is 27.7 Å². The molecular formula is C14H27N3. The topological polar surface area (TPSA) is 9.72 Å². The van der Waals surface area contributed by atoms with E-state index in [0.717, 1.165) is 18.1 Å². The van der Waals surface area contributed by atoms with Crippen LogP contribution < -0.4 is 0 Å². The lowest BCUT2D eigenvalue weighted by molar-refractivity contribution is -0.160. The highest BCUT2D eigenvalue weighted by Crippen LogP contribution is 2.42. The smallest absolute Gasteiger partial charge is 0.0351 e. The molecule has 0 atom stereocenters. The SMILES string of the molecule is CC(C)N1CC(N2CC3(CN(C(C)C)C3)C2)C1. The monoisotopic (exact) mass is 237 g/mol. The Labute approximate surface area is 106 Å². The molecule has 3 saturated heterocycles. The summed E-state index contributed by atoms with van der Waals surface area (Å²) in [5, 5.41) is 0. The highest BCUT2D eigenvalue weighted by molar-refractivity contribution is 5.09. The van der Waals surface area contributed by atoms with Crippen molar-refractivity contribution >= 4 is 0 Å². The van der Waals surface area contributed by atoms with Gasteiger partial charge in [0.1, 0.15) is 0 Å². The van der Waals surface area contributed by atoms with E-state index < -0.39 is 0 Å². The average Bonchev–Trinajstić information content (AvgIpc) is 2.00. The fourth-order valence-electron chi connectivity index (χ4n) is 3.59. The molecule has 1 spiro atoms. The van der Waals surface area contributed by atoms with E-state index in [2.05, 4.69) is 42.4 Å². The molecule has 3 nitrogen and oxygen atoms in total. The predicted molar refractivity (Wildman–Crippen MR) is 71.2 cm³/mol. The van der Waals surface area contributed by atoms with Gasteiger partial charge in [-0.3, -0.25) is 14.7 Å². The van der Waals surface area contributed by atoms with E-state index in [-0.39, 0.29) is 0 Å². The van der Waals surface area contributed by atoms with Gasteiger partial charge in [-0.25, -0.2) is 0 Å². The zero-order valence-corrected chi connectivity index (χ0v) is 11.8. The summed E-state index contributed by atoms with van der Waals surface area (Å²) in [6, 6.07) is 2.35. The maximum absolute atomic E-state index is 2.72. The van der Waals surface area contributed by atoms with Gasteiger partial charge in [0.15, 0.2) is 0 Å². The molecule has 0 unspecified atom stereocenters. The van der Waals surface area contributed by atoms with Crippen molar-refractivity contribution in [3.05, 3.63) is 0 Å². The molecule has 17 heavy (non-hydrogen) atoms. The molecule has 0 bridgehead atoms. The summed E-state index contributed by atoms with van der Waals surface area (Å²) in [7, 11) is 0. The summed E-state index contributed by atoms with van der Waals surface area (Å²) < 4.78 is 0. The van der Waals surface area contributed by atoms with Gasteiger partial charge < -0.3 is 0 Å². The molecule has 0 aliphatic carbocycles. The summed E-state index contributed by atoms with van der Waals surface area (Å²) in [4.78, 5) is 7.91. The fourth-order valence-corrected chi connectivity index (χ4v) is 3.59. The van der Waals surface area contributed by atoms with Crippen LogP contribution in [-0.4, -0.2) is 72.1 Å². The highest BCUT2D eigenvalue weighted by Gasteiger charge is 2.54. The number of rotatable bonds is 3. The van der Waals surface area contributed by atoms with Gasteiger partial charge >= 0.3 is 0 Å². The van der Waals surface area contributed by atoms with Crippen LogP contribution in [0, 0.1) is 5.41 Å². The van der Waals surface area contributed by atoms with Crippen molar-refractivity contribution in [1.82, 2.24) is 14.7 Å². The van der Waals surface area contributed by atoms with Crippen molar-refractivity contribution in [2.75, 3.05) is 39.3 Å². The van der Waals surface area contributed by atoms with Gasteiger partial charge in [-0.05, 0) is 27.7 Å². The molecule has 0 aromatic rings. The first-order valence-electron chi connectivity index (χ1n) is 7.21. The molecule has 0 aromatic heterocycles. The van der Waals surface area contributed by atoms with Gasteiger partial charge in [0.25, 0.3) is 0 Å². The van der Waals surface area contributed by atoms with Crippen LogP contribution in [0.3, 0.4) is 0 Å². The van der Waals surface area contributed by atoms with Gasteiger partial charge in [-0.1, -0.05) is 0 Å². The fraction of sp³-hybridized carbons (Fsp3) is 1.00. The maximum Gasteiger partial charge on any atom is 0.0351 e. The molecule has 0 radical (unpaired) electrons. The molecule has 3 fully saturated rings. The predicted octanol–water partition coefficient (Wildman–Crippen LogP) is 1.10. The lowest BCUT2D eigenvalue weighted by Gasteiger charge is -2.65. The summed E-state index contributed by atoms with van der Waals surface area (Å²) in [5.41, 5.74) is 0.697. The second kappa shape index (κ2) is 3.94. The minimum absolute atomic E-state index is 0.697. The van der Waals surface area contributed by atoms with Crippen LogP contribution >= 0.6 is 0 Å². The number of nitrogens with zero attached hydrogens (tertiary/aromatic N) is 3. The summed E-state index contributed by atoms with van der Waals surface area (Å²) in [5.74, 6) is 0. The summed E-state index contributed by atoms with van der Waals surface area (Å²) >= 11 is 0. The van der Waals surface area contributed by atoms with Crippen LogP contribution in [0.4, 0.5) is 0 Å². The Morgan fingerprint density at radius 2 is 1.35 bits per heavy atom. The molecule has 0 amide bonds. The molecular weight excluding hydrogens is 210 g/mol. The number of likely N-dealkylation sites (tertiary alicyclic amines) is 3. The third-order valence-corrected chi connectivity index (χ3v) is 5.02. The Kier molecular flexibility index (Phi) is 2.77. The van der Waals surface area contributed by atoms with Crippen LogP contribution in [-0.2, 0) is 0 Å². The van der Waals surface area contributed by atoms with Gasteiger partial charge in [-0.2, -0.15) is 0 Å². The standard InChI is InChI=1S/C14H27N3/c1-11(2)15-5-13(6-15)17-9-14(10-17)7-16(8-14)12(3)4/h11-13H,5-10H2,1-4H3. The van der Waals surface area contributed by atoms with Crippen LogP contribution in [0.2, 0.25) is 0 Å². The second-order valence-electron chi connectivity index (χ2n) is 7.11. The van der Waals surface area contributed by atoms with Gasteiger partial charge in [0.05, 0.1) is 0 Å². The van der Waals surface area contributed by atoms with E-state index in [1.165, 1.54) is 39.3 Å². The van der Waals surface area contributed by atoms with Crippen molar-refractivity contribution in [3.8, 4) is 0 Å². The van der Waals surface area contributed by atoms with E-state index in [4.69, 9.17) is 0 Å². The lowest BCUT2D eigenvalue weighted by atomic mass is 9.71. The molecule has 98 valence electrons. The van der Waals surface area contributed by atoms with Crippen molar-refractivity contribution in [2.45, 2.75) is 45.8 Å². The Hall–Kier alpha value is -0.120. The molecule has 0 N–H and O–H groups in total. The average molecular weight is 237 g/mol. The maximum atomic E-state index is 2.72. The third kappa shape index (κ3) is 1.92. The molecule has 3 heterocycles. The third-order valence-electron chi connectivity index (χ3n) is 5.02. The minimum atomic E-state index is 0.697. The Morgan fingerprint density at radius 1 is 0.824 bits per heavy atom. The summed E-state index contributed by atoms with van der Waals surface area (Å²) in [6.07, 6.45) is 0. The van der Waals surface area contributed by atoms with Gasteiger partial charge in [0, 0.05) is 62.8 Å². The molecule has 3 aliphatic heterocycles. The van der Waals surface area contributed by atoms with Crippen molar-refractivity contribution in [3.63, 3.8) is 0 Å². The van der Waals surface area contributed by atoms with Crippen LogP contribution in [0.5, 0.6) is 0 Å². The molecule has 0 saturated carbocycles. The first-order valence-corrected chi connectivity index (χ1v) is 7.21. The zero-order valence-electron chi connectivity index (χ0n) is 11.8. The van der Waals surface area contributed by atoms with E-state index in [1.54, 1.807) is 0 Å². The van der Waals surface area contributed by atoms with Crippen LogP contribution in [0.25, 0.3) is 0 Å². The van der Waals surface area contributed by atoms with E-state index in [1.807, 2.05) is 0 Å². The van der Waals surface area contributed by atoms with E-state index in [0.29, 0.717) is 5.41 Å². The largest absolute Gasteiger partial charge is 0.300 e. The van der Waals surface area contributed by atoms with Crippen molar-refractivity contribution in [1.29, 1.82) is 0 Å². The highest BCUT2D eigenvalue weighted by atomic mass is 15.4. The molecule has 3 rings (SSSR count). The first-order chi connectivity index (χ1) is 7.99. The van der Waals surface area contributed by atoms with E-state index >= 15 is 0 Å². The number of hydrogen-bond acceptors (Lipinski definition) is 3. The normalized spacial score (nSPS) is 30.7. The van der Waals surface area contributed by atoms with E-state index in [9.17, 15) is 0 Å². The Balaban J connectivity index is 1.39. The van der Waals surface area contributed by atoms with Gasteiger partial charge in [-0.15, -0.1) is 0 Å². The molecule has 3 aliphatic rings. The minimum Gasteiger partial charge on any atom is -0.300 e. The molecule has 3 heteroatoms. The van der Waals surface area contributed by atoms with Gasteiger partial charge in [0.2, 0.25) is 0 Å². The zero-order chi connectivity index (χ0) is 12.2. The van der Waals surface area contributed by atoms with Crippen LogP contribution in [0.15, 0.2) is 0 Å². The Bertz CT molecular complexity index is 280. The van der Waals surface area contributed by atoms with Crippen molar-refractivity contribution in [2.24, 2.45) is 5.41 Å². The lowest BCUT2D eigenvalue weighted by Crippen LogP contribution is -2.77. The second-order valence-corrected chi connectivity index (χ2v) is 7.11. The quantitative estimate of drug-likeness (QED) is 0.728. The summed E-state index contributed by atoms with van der Waals surface area (Å²) in [6.45, 7) is 17.3. The first kappa shape index (κ1) is 11.9. The van der Waals surface area contributed by atoms with Crippen molar-refractivity contribution < 1.29 is 0 Å². The number of hydrogen-bond donors (Lipinski definition) is 0.